The van der Waals surface area contributed by atoms with Gasteiger partial charge in [0, 0.05) is 18.3 Å². The molecule has 0 aliphatic heterocycles. The molecule has 0 bridgehead atoms. The van der Waals surface area contributed by atoms with Crippen LogP contribution in [0.25, 0.3) is 5.69 Å². The van der Waals surface area contributed by atoms with Gasteiger partial charge in [-0.3, -0.25) is 10.1 Å². The molecule has 0 aliphatic rings. The van der Waals surface area contributed by atoms with E-state index in [-0.39, 0.29) is 16.4 Å². The fraction of sp³-hybridized carbons (Fsp3) is 0. The summed E-state index contributed by atoms with van der Waals surface area (Å²) < 4.78 is 1.25. The molecule has 0 fully saturated rings. The summed E-state index contributed by atoms with van der Waals surface area (Å²) in [6.07, 6.45) is 1.41. The molecule has 0 saturated carbocycles. The Morgan fingerprint density at radius 3 is 2.67 bits per heavy atom. The molecule has 0 radical (unpaired) electrons. The van der Waals surface area contributed by atoms with Crippen molar-refractivity contribution in [2.75, 3.05) is 0 Å². The van der Waals surface area contributed by atoms with E-state index < -0.39 is 10.9 Å². The summed E-state index contributed by atoms with van der Waals surface area (Å²) in [5.74, 6) is -1.16. The summed E-state index contributed by atoms with van der Waals surface area (Å²) in [5, 5.41) is 23.2. The van der Waals surface area contributed by atoms with Crippen LogP contribution in [0, 0.1) is 10.1 Å². The van der Waals surface area contributed by atoms with Crippen LogP contribution in [0.2, 0.25) is 5.02 Å². The number of carboxylic acids is 1. The van der Waals surface area contributed by atoms with Crippen LogP contribution in [-0.4, -0.2) is 25.8 Å². The van der Waals surface area contributed by atoms with Crippen molar-refractivity contribution in [1.82, 2.24) is 9.78 Å². The number of aromatic carboxylic acids is 1. The van der Waals surface area contributed by atoms with Gasteiger partial charge in [0.15, 0.2) is 5.69 Å². The van der Waals surface area contributed by atoms with Crippen molar-refractivity contribution in [2.45, 2.75) is 0 Å². The summed E-state index contributed by atoms with van der Waals surface area (Å²) in [7, 11) is 0. The maximum Gasteiger partial charge on any atom is 0.356 e. The third kappa shape index (κ3) is 2.16. The highest BCUT2D eigenvalue weighted by Gasteiger charge is 2.13. The average Bonchev–Trinajstić information content (AvgIpc) is 2.78. The third-order valence-corrected chi connectivity index (χ3v) is 2.50. The lowest BCUT2D eigenvalue weighted by Crippen LogP contribution is -2.01. The number of hydrogen-bond acceptors (Lipinski definition) is 4. The number of benzene rings is 1. The predicted octanol–water partition coefficient (Wildman–Crippen LogP) is 2.13. The van der Waals surface area contributed by atoms with E-state index in [1.165, 1.54) is 35.1 Å². The number of nitrogens with zero attached hydrogens (tertiary/aromatic N) is 3. The molecule has 92 valence electrons. The molecule has 1 heterocycles. The molecule has 1 aromatic carbocycles. The maximum absolute atomic E-state index is 10.7. The Kier molecular flexibility index (Phi) is 2.99. The Bertz CT molecular complexity index is 638. The van der Waals surface area contributed by atoms with Crippen LogP contribution in [0.3, 0.4) is 0 Å². The van der Waals surface area contributed by atoms with Crippen LogP contribution in [0.1, 0.15) is 10.5 Å². The van der Waals surface area contributed by atoms with Gasteiger partial charge in [-0.2, -0.15) is 5.10 Å². The minimum absolute atomic E-state index is 0.115. The highest BCUT2D eigenvalue weighted by molar-refractivity contribution is 6.32. The number of nitro benzene ring substituents is 1. The Morgan fingerprint density at radius 1 is 1.44 bits per heavy atom. The first-order valence-corrected chi connectivity index (χ1v) is 5.10. The average molecular weight is 268 g/mol. The van der Waals surface area contributed by atoms with E-state index in [1.807, 2.05) is 0 Å². The summed E-state index contributed by atoms with van der Waals surface area (Å²) >= 11 is 5.88. The molecular weight excluding hydrogens is 262 g/mol. The van der Waals surface area contributed by atoms with Crippen molar-refractivity contribution >= 4 is 23.3 Å². The van der Waals surface area contributed by atoms with E-state index >= 15 is 0 Å². The van der Waals surface area contributed by atoms with E-state index in [9.17, 15) is 14.9 Å². The molecule has 2 aromatic rings. The van der Waals surface area contributed by atoms with E-state index in [0.717, 1.165) is 0 Å². The molecule has 0 saturated heterocycles. The lowest BCUT2D eigenvalue weighted by atomic mass is 10.3. The van der Waals surface area contributed by atoms with Crippen molar-refractivity contribution in [3.63, 3.8) is 0 Å². The summed E-state index contributed by atoms with van der Waals surface area (Å²) in [6.45, 7) is 0. The number of carbonyl (C=O) groups is 1. The van der Waals surface area contributed by atoms with Gasteiger partial charge in [-0.1, -0.05) is 11.6 Å². The summed E-state index contributed by atoms with van der Waals surface area (Å²) in [4.78, 5) is 20.6. The van der Waals surface area contributed by atoms with Gasteiger partial charge in [0.05, 0.1) is 15.6 Å². The first-order valence-electron chi connectivity index (χ1n) is 4.72. The summed E-state index contributed by atoms with van der Waals surface area (Å²) in [5.41, 5.74) is 0.0913. The van der Waals surface area contributed by atoms with Gasteiger partial charge in [0.1, 0.15) is 0 Å². The molecule has 8 heteroatoms. The highest BCUT2D eigenvalue weighted by atomic mass is 35.5. The van der Waals surface area contributed by atoms with Gasteiger partial charge in [-0.05, 0) is 12.1 Å². The van der Waals surface area contributed by atoms with Gasteiger partial charge in [-0.15, -0.1) is 0 Å². The fourth-order valence-corrected chi connectivity index (χ4v) is 1.63. The number of non-ortho nitro benzene ring substituents is 1. The highest BCUT2D eigenvalue weighted by Crippen LogP contribution is 2.25. The number of carboxylic acid groups (broad SMARTS) is 1. The van der Waals surface area contributed by atoms with E-state index in [4.69, 9.17) is 16.7 Å². The fourth-order valence-electron chi connectivity index (χ4n) is 1.37. The second-order valence-corrected chi connectivity index (χ2v) is 3.75. The van der Waals surface area contributed by atoms with Crippen molar-refractivity contribution in [3.05, 3.63) is 51.3 Å². The number of halogens is 1. The van der Waals surface area contributed by atoms with Gasteiger partial charge in [-0.25, -0.2) is 9.48 Å². The molecule has 0 aliphatic carbocycles. The minimum Gasteiger partial charge on any atom is -0.476 e. The molecule has 0 atom stereocenters. The van der Waals surface area contributed by atoms with E-state index in [2.05, 4.69) is 5.10 Å². The Balaban J connectivity index is 2.44. The Hall–Kier alpha value is -2.41. The van der Waals surface area contributed by atoms with Crippen molar-refractivity contribution in [2.24, 2.45) is 0 Å². The van der Waals surface area contributed by atoms with Gasteiger partial charge in [0.25, 0.3) is 5.69 Å². The monoisotopic (exact) mass is 267 g/mol. The van der Waals surface area contributed by atoms with Crippen LogP contribution in [0.15, 0.2) is 30.5 Å². The zero-order valence-corrected chi connectivity index (χ0v) is 9.53. The molecule has 0 spiro atoms. The number of aromatic nitrogens is 2. The topological polar surface area (TPSA) is 98.3 Å². The molecule has 2 rings (SSSR count). The van der Waals surface area contributed by atoms with Crippen molar-refractivity contribution in [1.29, 1.82) is 0 Å². The zero-order valence-electron chi connectivity index (χ0n) is 8.78. The summed E-state index contributed by atoms with van der Waals surface area (Å²) in [6, 6.07) is 5.15. The lowest BCUT2D eigenvalue weighted by molar-refractivity contribution is -0.384. The van der Waals surface area contributed by atoms with Crippen molar-refractivity contribution < 1.29 is 14.8 Å². The molecular formula is C10H6ClN3O4. The lowest BCUT2D eigenvalue weighted by Gasteiger charge is -2.03. The third-order valence-electron chi connectivity index (χ3n) is 2.20. The smallest absolute Gasteiger partial charge is 0.356 e. The zero-order chi connectivity index (χ0) is 13.3. The van der Waals surface area contributed by atoms with Crippen molar-refractivity contribution in [3.8, 4) is 5.69 Å². The van der Waals surface area contributed by atoms with E-state index in [1.54, 1.807) is 0 Å². The molecule has 1 aromatic heterocycles. The SMILES string of the molecule is O=C(O)c1ccn(-c2ccc([N+](=O)[O-])cc2Cl)n1. The molecule has 18 heavy (non-hydrogen) atoms. The van der Waals surface area contributed by atoms with Crippen LogP contribution < -0.4 is 0 Å². The van der Waals surface area contributed by atoms with Gasteiger partial charge in [0.2, 0.25) is 0 Å². The van der Waals surface area contributed by atoms with Gasteiger partial charge >= 0.3 is 5.97 Å². The molecule has 7 nitrogen and oxygen atoms in total. The second-order valence-electron chi connectivity index (χ2n) is 3.34. The first kappa shape index (κ1) is 12.1. The molecule has 0 unspecified atom stereocenters. The number of nitro groups is 1. The quantitative estimate of drug-likeness (QED) is 0.678. The van der Waals surface area contributed by atoms with Gasteiger partial charge < -0.3 is 5.11 Å². The Labute approximate surface area is 105 Å². The first-order chi connectivity index (χ1) is 8.49. The predicted molar refractivity (Wildman–Crippen MR) is 62.2 cm³/mol. The number of rotatable bonds is 3. The normalized spacial score (nSPS) is 10.3. The standard InChI is InChI=1S/C10H6ClN3O4/c11-7-5-6(14(17)18)1-2-9(7)13-4-3-8(12-13)10(15)16/h1-5H,(H,15,16). The van der Waals surface area contributed by atoms with Crippen LogP contribution >= 0.6 is 11.6 Å². The maximum atomic E-state index is 10.7. The van der Waals surface area contributed by atoms with E-state index in [0.29, 0.717) is 5.69 Å². The molecule has 1 N–H and O–H groups in total. The van der Waals surface area contributed by atoms with Crippen LogP contribution in [-0.2, 0) is 0 Å². The Morgan fingerprint density at radius 2 is 2.17 bits per heavy atom. The molecule has 0 amide bonds. The van der Waals surface area contributed by atoms with Crippen LogP contribution in [0.5, 0.6) is 0 Å². The van der Waals surface area contributed by atoms with Crippen LogP contribution in [0.4, 0.5) is 5.69 Å². The second kappa shape index (κ2) is 4.46. The largest absolute Gasteiger partial charge is 0.476 e. The minimum atomic E-state index is -1.16. The number of hydrogen-bond donors (Lipinski definition) is 1.